The Kier molecular flexibility index (Phi) is 4.12. The molecule has 1 aromatic rings. The normalized spacial score (nSPS) is 24.7. The average molecular weight is 239 g/mol. The lowest BCUT2D eigenvalue weighted by Gasteiger charge is -2.17. The summed E-state index contributed by atoms with van der Waals surface area (Å²) in [6, 6.07) is 0. The fourth-order valence-electron chi connectivity index (χ4n) is 2.23. The van der Waals surface area contributed by atoms with Crippen LogP contribution in [0.5, 0.6) is 0 Å². The van der Waals surface area contributed by atoms with E-state index in [1.165, 1.54) is 12.8 Å². The second-order valence-electron chi connectivity index (χ2n) is 4.98. The number of hydrogen-bond acceptors (Lipinski definition) is 5. The first-order valence-corrected chi connectivity index (χ1v) is 6.35. The maximum absolute atomic E-state index is 5.82. The Hall–Kier alpha value is -0.940. The zero-order chi connectivity index (χ0) is 12.3. The zero-order valence-electron chi connectivity index (χ0n) is 10.6. The third kappa shape index (κ3) is 3.04. The highest BCUT2D eigenvalue weighted by atomic mass is 16.5. The minimum atomic E-state index is 0.263. The third-order valence-electron chi connectivity index (χ3n) is 3.30. The number of rotatable bonds is 5. The van der Waals surface area contributed by atoms with Crippen molar-refractivity contribution in [1.29, 1.82) is 0 Å². The van der Waals surface area contributed by atoms with Gasteiger partial charge in [-0.1, -0.05) is 25.4 Å². The summed E-state index contributed by atoms with van der Waals surface area (Å²) >= 11 is 0. The van der Waals surface area contributed by atoms with Gasteiger partial charge in [-0.3, -0.25) is 0 Å². The van der Waals surface area contributed by atoms with Crippen molar-refractivity contribution < 1.29 is 9.26 Å². The van der Waals surface area contributed by atoms with Gasteiger partial charge in [0.15, 0.2) is 5.82 Å². The molecule has 1 aromatic heterocycles. The number of ether oxygens (including phenoxy) is 1. The van der Waals surface area contributed by atoms with Gasteiger partial charge in [0.25, 0.3) is 0 Å². The van der Waals surface area contributed by atoms with E-state index in [0.717, 1.165) is 6.42 Å². The summed E-state index contributed by atoms with van der Waals surface area (Å²) in [6.45, 7) is 5.19. The molecule has 1 aliphatic carbocycles. The Morgan fingerprint density at radius 1 is 1.47 bits per heavy atom. The molecule has 0 aromatic carbocycles. The second kappa shape index (κ2) is 5.60. The van der Waals surface area contributed by atoms with Crippen LogP contribution in [0.1, 0.15) is 50.7 Å². The molecule has 2 atom stereocenters. The SMILES string of the molecule is CC(C)c1nc(COC2CCCC2CN)no1. The summed E-state index contributed by atoms with van der Waals surface area (Å²) in [6.07, 6.45) is 3.73. The quantitative estimate of drug-likeness (QED) is 0.848. The van der Waals surface area contributed by atoms with Crippen LogP contribution in [-0.2, 0) is 11.3 Å². The highest BCUT2D eigenvalue weighted by Gasteiger charge is 2.27. The number of nitrogens with two attached hydrogens (primary N) is 1. The van der Waals surface area contributed by atoms with Crippen LogP contribution in [0.4, 0.5) is 0 Å². The Balaban J connectivity index is 1.84. The van der Waals surface area contributed by atoms with Gasteiger partial charge in [-0.25, -0.2) is 0 Å². The molecule has 0 amide bonds. The van der Waals surface area contributed by atoms with E-state index < -0.39 is 0 Å². The summed E-state index contributed by atoms with van der Waals surface area (Å²) < 4.78 is 10.9. The number of aromatic nitrogens is 2. The predicted molar refractivity (Wildman–Crippen MR) is 63.4 cm³/mol. The molecule has 0 radical (unpaired) electrons. The van der Waals surface area contributed by atoms with E-state index in [1.807, 2.05) is 13.8 Å². The van der Waals surface area contributed by atoms with Gasteiger partial charge in [0.1, 0.15) is 6.61 Å². The van der Waals surface area contributed by atoms with Gasteiger partial charge in [0.2, 0.25) is 5.89 Å². The Morgan fingerprint density at radius 2 is 2.29 bits per heavy atom. The monoisotopic (exact) mass is 239 g/mol. The lowest BCUT2D eigenvalue weighted by atomic mass is 10.1. The summed E-state index contributed by atoms with van der Waals surface area (Å²) in [7, 11) is 0. The van der Waals surface area contributed by atoms with Crippen LogP contribution in [-0.4, -0.2) is 22.8 Å². The number of hydrogen-bond donors (Lipinski definition) is 1. The lowest BCUT2D eigenvalue weighted by Crippen LogP contribution is -2.25. The van der Waals surface area contributed by atoms with Gasteiger partial charge >= 0.3 is 0 Å². The standard InChI is InChI=1S/C12H21N3O2/c1-8(2)12-14-11(15-17-12)7-16-10-5-3-4-9(10)6-13/h8-10H,3-7,13H2,1-2H3. The van der Waals surface area contributed by atoms with E-state index >= 15 is 0 Å². The van der Waals surface area contributed by atoms with Crippen LogP contribution in [0.15, 0.2) is 4.52 Å². The predicted octanol–water partition coefficient (Wildman–Crippen LogP) is 1.84. The first-order chi connectivity index (χ1) is 8.20. The smallest absolute Gasteiger partial charge is 0.229 e. The number of nitrogens with zero attached hydrogens (tertiary/aromatic N) is 2. The molecule has 1 fully saturated rings. The fraction of sp³-hybridized carbons (Fsp3) is 0.833. The molecular weight excluding hydrogens is 218 g/mol. The van der Waals surface area contributed by atoms with Crippen molar-refractivity contribution in [3.8, 4) is 0 Å². The molecule has 2 unspecified atom stereocenters. The molecule has 17 heavy (non-hydrogen) atoms. The molecular formula is C12H21N3O2. The van der Waals surface area contributed by atoms with E-state index in [-0.39, 0.29) is 12.0 Å². The first kappa shape index (κ1) is 12.5. The van der Waals surface area contributed by atoms with Crippen LogP contribution < -0.4 is 5.73 Å². The van der Waals surface area contributed by atoms with Crippen molar-refractivity contribution in [2.75, 3.05) is 6.54 Å². The van der Waals surface area contributed by atoms with Gasteiger partial charge < -0.3 is 15.0 Å². The maximum atomic E-state index is 5.82. The molecule has 1 aliphatic rings. The lowest BCUT2D eigenvalue weighted by molar-refractivity contribution is 0.0140. The maximum Gasteiger partial charge on any atom is 0.229 e. The van der Waals surface area contributed by atoms with Gasteiger partial charge in [-0.05, 0) is 25.3 Å². The minimum absolute atomic E-state index is 0.263. The molecule has 0 bridgehead atoms. The van der Waals surface area contributed by atoms with Crippen molar-refractivity contribution in [3.63, 3.8) is 0 Å². The summed E-state index contributed by atoms with van der Waals surface area (Å²) in [5, 5.41) is 3.91. The van der Waals surface area contributed by atoms with Crippen LogP contribution >= 0.6 is 0 Å². The van der Waals surface area contributed by atoms with E-state index in [9.17, 15) is 0 Å². The van der Waals surface area contributed by atoms with Crippen LogP contribution in [0.2, 0.25) is 0 Å². The molecule has 5 nitrogen and oxygen atoms in total. The molecule has 5 heteroatoms. The van der Waals surface area contributed by atoms with Gasteiger partial charge in [0.05, 0.1) is 6.10 Å². The topological polar surface area (TPSA) is 74.2 Å². The summed E-state index contributed by atoms with van der Waals surface area (Å²) in [5.41, 5.74) is 5.71. The zero-order valence-corrected chi connectivity index (χ0v) is 10.6. The second-order valence-corrected chi connectivity index (χ2v) is 4.98. The third-order valence-corrected chi connectivity index (χ3v) is 3.30. The molecule has 1 saturated carbocycles. The van der Waals surface area contributed by atoms with E-state index in [1.54, 1.807) is 0 Å². The molecule has 96 valence electrons. The van der Waals surface area contributed by atoms with Crippen molar-refractivity contribution in [2.24, 2.45) is 11.7 Å². The molecule has 0 saturated heterocycles. The molecule has 2 N–H and O–H groups in total. The van der Waals surface area contributed by atoms with Crippen LogP contribution in [0.25, 0.3) is 0 Å². The summed E-state index contributed by atoms with van der Waals surface area (Å²) in [4.78, 5) is 4.29. The Morgan fingerprint density at radius 3 is 2.94 bits per heavy atom. The molecule has 2 rings (SSSR count). The highest BCUT2D eigenvalue weighted by molar-refractivity contribution is 4.89. The Labute approximate surface area is 102 Å². The van der Waals surface area contributed by atoms with Crippen molar-refractivity contribution >= 4 is 0 Å². The van der Waals surface area contributed by atoms with Crippen molar-refractivity contribution in [1.82, 2.24) is 10.1 Å². The van der Waals surface area contributed by atoms with Gasteiger partial charge in [-0.2, -0.15) is 4.98 Å². The van der Waals surface area contributed by atoms with E-state index in [2.05, 4.69) is 10.1 Å². The van der Waals surface area contributed by atoms with E-state index in [4.69, 9.17) is 15.0 Å². The van der Waals surface area contributed by atoms with Crippen LogP contribution in [0, 0.1) is 5.92 Å². The van der Waals surface area contributed by atoms with Crippen molar-refractivity contribution in [2.45, 2.75) is 51.7 Å². The average Bonchev–Trinajstić information content (AvgIpc) is 2.95. The molecule has 0 aliphatic heterocycles. The fourth-order valence-corrected chi connectivity index (χ4v) is 2.23. The first-order valence-electron chi connectivity index (χ1n) is 6.35. The van der Waals surface area contributed by atoms with E-state index in [0.29, 0.717) is 30.8 Å². The van der Waals surface area contributed by atoms with Gasteiger partial charge in [0, 0.05) is 5.92 Å². The highest BCUT2D eigenvalue weighted by Crippen LogP contribution is 2.27. The Bertz CT molecular complexity index is 351. The van der Waals surface area contributed by atoms with Gasteiger partial charge in [-0.15, -0.1) is 0 Å². The van der Waals surface area contributed by atoms with Crippen molar-refractivity contribution in [3.05, 3.63) is 11.7 Å². The minimum Gasteiger partial charge on any atom is -0.370 e. The molecule has 0 spiro atoms. The molecule has 1 heterocycles. The summed E-state index contributed by atoms with van der Waals surface area (Å²) in [5.74, 6) is 2.06. The van der Waals surface area contributed by atoms with Crippen LogP contribution in [0.3, 0.4) is 0 Å². The largest absolute Gasteiger partial charge is 0.370 e.